The summed E-state index contributed by atoms with van der Waals surface area (Å²) in [7, 11) is 0. The van der Waals surface area contributed by atoms with Gasteiger partial charge in [-0.2, -0.15) is 0 Å². The molecule has 76 valence electrons. The van der Waals surface area contributed by atoms with E-state index in [9.17, 15) is 4.79 Å². The normalized spacial score (nSPS) is 10.1. The lowest BCUT2D eigenvalue weighted by Crippen LogP contribution is -2.03. The molecule has 0 spiro atoms. The van der Waals surface area contributed by atoms with Crippen LogP contribution < -0.4 is 5.73 Å². The van der Waals surface area contributed by atoms with E-state index in [1.165, 1.54) is 11.8 Å². The Labute approximate surface area is 96.4 Å². The average molecular weight is 274 g/mol. The first kappa shape index (κ1) is 11.6. The van der Waals surface area contributed by atoms with Crippen LogP contribution in [0.15, 0.2) is 23.1 Å². The molecule has 14 heavy (non-hydrogen) atoms. The Morgan fingerprint density at radius 1 is 1.57 bits per heavy atom. The van der Waals surface area contributed by atoms with Crippen LogP contribution in [-0.2, 0) is 0 Å². The molecular weight excluding hydrogens is 262 g/mol. The molecule has 4 heteroatoms. The minimum absolute atomic E-state index is 0.138. The van der Waals surface area contributed by atoms with E-state index in [0.29, 0.717) is 17.4 Å². The lowest BCUT2D eigenvalue weighted by Gasteiger charge is -2.07. The number of hydrogen-bond donors (Lipinski definition) is 1. The Hall–Kier alpha value is -0.480. The zero-order valence-corrected chi connectivity index (χ0v) is 10.3. The molecular formula is C10H12BrNOS. The lowest BCUT2D eigenvalue weighted by atomic mass is 10.1. The van der Waals surface area contributed by atoms with Crippen molar-refractivity contribution in [3.63, 3.8) is 0 Å². The number of halogens is 1. The maximum absolute atomic E-state index is 11.7. The van der Waals surface area contributed by atoms with Crippen LogP contribution in [0.25, 0.3) is 0 Å². The Morgan fingerprint density at radius 2 is 2.29 bits per heavy atom. The minimum atomic E-state index is 0.138. The number of alkyl halides is 1. The van der Waals surface area contributed by atoms with Crippen LogP contribution in [0.2, 0.25) is 0 Å². The second kappa shape index (κ2) is 5.41. The molecule has 0 aromatic heterocycles. The minimum Gasteiger partial charge on any atom is -0.398 e. The molecule has 0 bridgehead atoms. The monoisotopic (exact) mass is 273 g/mol. The molecule has 0 aliphatic rings. The molecule has 0 atom stereocenters. The Kier molecular flexibility index (Phi) is 4.48. The molecule has 0 saturated heterocycles. The summed E-state index contributed by atoms with van der Waals surface area (Å²) < 4.78 is 0. The molecule has 1 rings (SSSR count). The summed E-state index contributed by atoms with van der Waals surface area (Å²) in [4.78, 5) is 12.6. The Balaban J connectivity index is 3.07. The molecule has 1 aromatic carbocycles. The predicted octanol–water partition coefficient (Wildman–Crippen LogP) is 2.96. The van der Waals surface area contributed by atoms with E-state index in [1.807, 2.05) is 24.5 Å². The van der Waals surface area contributed by atoms with Gasteiger partial charge in [0.1, 0.15) is 0 Å². The number of nitrogens with two attached hydrogens (primary N) is 1. The molecule has 0 saturated carbocycles. The second-order valence-corrected chi connectivity index (χ2v) is 4.40. The standard InChI is InChI=1S/C10H12BrNOS/c1-14-10-7(9(13)5-6-11)3-2-4-8(10)12/h2-4H,5-6,12H2,1H3. The number of rotatable bonds is 4. The van der Waals surface area contributed by atoms with Crippen LogP contribution in [0.1, 0.15) is 16.8 Å². The van der Waals surface area contributed by atoms with E-state index >= 15 is 0 Å². The Morgan fingerprint density at radius 3 is 2.86 bits per heavy atom. The van der Waals surface area contributed by atoms with E-state index in [0.717, 1.165) is 10.5 Å². The van der Waals surface area contributed by atoms with Gasteiger partial charge >= 0.3 is 0 Å². The number of Topliss-reactive ketones (excluding diaryl/α,β-unsaturated/α-hetero) is 1. The van der Waals surface area contributed by atoms with E-state index in [2.05, 4.69) is 15.9 Å². The fourth-order valence-corrected chi connectivity index (χ4v) is 2.29. The quantitative estimate of drug-likeness (QED) is 0.397. The number of hydrogen-bond acceptors (Lipinski definition) is 3. The molecule has 2 N–H and O–H groups in total. The first-order valence-electron chi connectivity index (χ1n) is 4.22. The average Bonchev–Trinajstić information content (AvgIpc) is 2.17. The zero-order valence-electron chi connectivity index (χ0n) is 7.92. The fourth-order valence-electron chi connectivity index (χ4n) is 1.22. The molecule has 0 fully saturated rings. The van der Waals surface area contributed by atoms with Gasteiger partial charge in [-0.15, -0.1) is 11.8 Å². The van der Waals surface area contributed by atoms with Crippen molar-refractivity contribution in [3.8, 4) is 0 Å². The third-order valence-corrected chi connectivity index (χ3v) is 3.13. The largest absolute Gasteiger partial charge is 0.398 e. The van der Waals surface area contributed by atoms with Crippen LogP contribution in [0.4, 0.5) is 5.69 Å². The maximum atomic E-state index is 11.7. The van der Waals surface area contributed by atoms with Crippen molar-refractivity contribution in [3.05, 3.63) is 23.8 Å². The second-order valence-electron chi connectivity index (χ2n) is 2.79. The summed E-state index contributed by atoms with van der Waals surface area (Å²) in [6, 6.07) is 5.46. The van der Waals surface area contributed by atoms with Gasteiger partial charge in [0, 0.05) is 27.9 Å². The number of ketones is 1. The molecule has 0 amide bonds. The molecule has 0 aliphatic carbocycles. The molecule has 2 nitrogen and oxygen atoms in total. The van der Waals surface area contributed by atoms with Gasteiger partial charge in [-0.1, -0.05) is 28.1 Å². The number of carbonyl (C=O) groups excluding carboxylic acids is 1. The van der Waals surface area contributed by atoms with Crippen LogP contribution in [-0.4, -0.2) is 17.4 Å². The highest BCUT2D eigenvalue weighted by molar-refractivity contribution is 9.09. The van der Waals surface area contributed by atoms with E-state index in [-0.39, 0.29) is 5.78 Å². The first-order chi connectivity index (χ1) is 6.70. The van der Waals surface area contributed by atoms with Gasteiger partial charge in [0.25, 0.3) is 0 Å². The van der Waals surface area contributed by atoms with Gasteiger partial charge in [-0.25, -0.2) is 0 Å². The highest BCUT2D eigenvalue weighted by Gasteiger charge is 2.11. The molecule has 0 radical (unpaired) electrons. The van der Waals surface area contributed by atoms with Gasteiger partial charge in [0.05, 0.1) is 0 Å². The van der Waals surface area contributed by atoms with Crippen LogP contribution >= 0.6 is 27.7 Å². The fraction of sp³-hybridized carbons (Fsp3) is 0.300. The highest BCUT2D eigenvalue weighted by atomic mass is 79.9. The molecule has 0 aliphatic heterocycles. The van der Waals surface area contributed by atoms with Crippen molar-refractivity contribution in [2.75, 3.05) is 17.3 Å². The summed E-state index contributed by atoms with van der Waals surface area (Å²) in [6.45, 7) is 0. The molecule has 1 aromatic rings. The van der Waals surface area contributed by atoms with Crippen LogP contribution in [0.5, 0.6) is 0 Å². The summed E-state index contributed by atoms with van der Waals surface area (Å²) in [5.74, 6) is 0.138. The van der Waals surface area contributed by atoms with Crippen molar-refractivity contribution in [2.24, 2.45) is 0 Å². The zero-order chi connectivity index (χ0) is 10.6. The van der Waals surface area contributed by atoms with Crippen LogP contribution in [0.3, 0.4) is 0 Å². The number of thioether (sulfide) groups is 1. The third-order valence-electron chi connectivity index (χ3n) is 1.87. The summed E-state index contributed by atoms with van der Waals surface area (Å²) in [5.41, 5.74) is 7.19. The smallest absolute Gasteiger partial charge is 0.164 e. The number of benzene rings is 1. The van der Waals surface area contributed by atoms with E-state index in [4.69, 9.17) is 5.73 Å². The van der Waals surface area contributed by atoms with Crippen molar-refractivity contribution >= 4 is 39.2 Å². The van der Waals surface area contributed by atoms with Gasteiger partial charge in [-0.3, -0.25) is 4.79 Å². The highest BCUT2D eigenvalue weighted by Crippen LogP contribution is 2.27. The summed E-state index contributed by atoms with van der Waals surface area (Å²) >= 11 is 4.77. The van der Waals surface area contributed by atoms with E-state index in [1.54, 1.807) is 0 Å². The first-order valence-corrected chi connectivity index (χ1v) is 6.57. The lowest BCUT2D eigenvalue weighted by molar-refractivity contribution is 0.0987. The summed E-state index contributed by atoms with van der Waals surface area (Å²) in [5, 5.41) is 0.689. The van der Waals surface area contributed by atoms with Crippen molar-refractivity contribution in [1.82, 2.24) is 0 Å². The number of anilines is 1. The van der Waals surface area contributed by atoms with Crippen molar-refractivity contribution in [2.45, 2.75) is 11.3 Å². The predicted molar refractivity (Wildman–Crippen MR) is 65.4 cm³/mol. The molecule has 0 unspecified atom stereocenters. The Bertz CT molecular complexity index is 341. The van der Waals surface area contributed by atoms with Gasteiger partial charge in [0.2, 0.25) is 0 Å². The SMILES string of the molecule is CSc1c(N)cccc1C(=O)CCBr. The topological polar surface area (TPSA) is 43.1 Å². The van der Waals surface area contributed by atoms with Crippen molar-refractivity contribution in [1.29, 1.82) is 0 Å². The maximum Gasteiger partial charge on any atom is 0.164 e. The molecule has 0 heterocycles. The number of nitrogen functional groups attached to an aromatic ring is 1. The van der Waals surface area contributed by atoms with Gasteiger partial charge < -0.3 is 5.73 Å². The van der Waals surface area contributed by atoms with Crippen LogP contribution in [0, 0.1) is 0 Å². The van der Waals surface area contributed by atoms with E-state index < -0.39 is 0 Å². The number of carbonyl (C=O) groups is 1. The van der Waals surface area contributed by atoms with Gasteiger partial charge in [-0.05, 0) is 12.3 Å². The third kappa shape index (κ3) is 2.51. The van der Waals surface area contributed by atoms with Crippen molar-refractivity contribution < 1.29 is 4.79 Å². The summed E-state index contributed by atoms with van der Waals surface area (Å²) in [6.07, 6.45) is 2.44. The van der Waals surface area contributed by atoms with Gasteiger partial charge in [0.15, 0.2) is 5.78 Å².